The highest BCUT2D eigenvalue weighted by molar-refractivity contribution is 7.15. The van der Waals surface area contributed by atoms with Gasteiger partial charge >= 0.3 is 0 Å². The lowest BCUT2D eigenvalue weighted by molar-refractivity contribution is -0.136. The molecule has 4 amide bonds. The van der Waals surface area contributed by atoms with Gasteiger partial charge in [-0.2, -0.15) is 0 Å². The van der Waals surface area contributed by atoms with Gasteiger partial charge in [0, 0.05) is 106 Å². The van der Waals surface area contributed by atoms with Crippen LogP contribution in [0, 0.1) is 17.8 Å². The van der Waals surface area contributed by atoms with Gasteiger partial charge in [0.05, 0.1) is 23.4 Å². The van der Waals surface area contributed by atoms with Crippen LogP contribution < -0.4 is 20.0 Å². The standard InChI is InChI=1S/C42H47ClFN9O4S/c1-26-22-42(25-52(26)28-3-4-34(45-2)32(43)19-28)9-13-51(14-10-42)41-46-23-29(58-41)24-48-15-17-49(18-16-48)27-7-11-50(12-8-27)36-21-31-30(20-33(36)44)39(56)53(40(31)57)35-5-6-37(54)47-38(35)55/h3-4,19-21,23,26-27,35H,5-18,22,24-25H2,1H3,(H,47,54,55)/t26-,35?/m0/s1. The molecule has 3 aromatic rings. The molecule has 5 saturated heterocycles. The molecule has 5 fully saturated rings. The van der Waals surface area contributed by atoms with Crippen molar-refractivity contribution in [1.29, 1.82) is 0 Å². The van der Waals surface area contributed by atoms with Crippen molar-refractivity contribution >= 4 is 68.8 Å². The molecule has 13 nitrogen and oxygen atoms in total. The molecule has 1 aromatic heterocycles. The number of thiazole rings is 1. The Bertz CT molecular complexity index is 2190. The van der Waals surface area contributed by atoms with E-state index in [4.69, 9.17) is 23.2 Å². The quantitative estimate of drug-likeness (QED) is 0.240. The van der Waals surface area contributed by atoms with Crippen LogP contribution in [0.5, 0.6) is 0 Å². The summed E-state index contributed by atoms with van der Waals surface area (Å²) in [7, 11) is 0. The molecule has 16 heteroatoms. The number of aromatic nitrogens is 1. The maximum Gasteiger partial charge on any atom is 0.262 e. The summed E-state index contributed by atoms with van der Waals surface area (Å²) in [5.74, 6) is -3.01. The van der Waals surface area contributed by atoms with E-state index in [-0.39, 0.29) is 29.4 Å². The van der Waals surface area contributed by atoms with Gasteiger partial charge in [0.15, 0.2) is 5.13 Å². The van der Waals surface area contributed by atoms with Crippen molar-refractivity contribution in [2.24, 2.45) is 5.41 Å². The second-order valence-electron chi connectivity index (χ2n) is 16.9. The number of halogens is 2. The molecule has 58 heavy (non-hydrogen) atoms. The first-order valence-electron chi connectivity index (χ1n) is 20.4. The Labute approximate surface area is 346 Å². The number of imide groups is 2. The van der Waals surface area contributed by atoms with E-state index in [0.29, 0.717) is 41.6 Å². The smallest absolute Gasteiger partial charge is 0.262 e. The Hall–Kier alpha value is -4.62. The minimum Gasteiger partial charge on any atom is -0.369 e. The van der Waals surface area contributed by atoms with E-state index in [2.05, 4.69) is 42.9 Å². The summed E-state index contributed by atoms with van der Waals surface area (Å²) < 4.78 is 15.5. The normalized spacial score (nSPS) is 24.5. The highest BCUT2D eigenvalue weighted by Crippen LogP contribution is 2.47. The summed E-state index contributed by atoms with van der Waals surface area (Å²) >= 11 is 8.20. The summed E-state index contributed by atoms with van der Waals surface area (Å²) in [4.78, 5) is 73.0. The number of hydrogen-bond donors (Lipinski definition) is 1. The molecule has 6 aliphatic rings. The average molecular weight is 828 g/mol. The molecule has 0 saturated carbocycles. The number of amides is 4. The van der Waals surface area contributed by atoms with Crippen molar-refractivity contribution in [3.8, 4) is 0 Å². The number of rotatable bonds is 7. The number of carbonyl (C=O) groups is 4. The highest BCUT2D eigenvalue weighted by Gasteiger charge is 2.46. The largest absolute Gasteiger partial charge is 0.369 e. The number of piperazine rings is 1. The van der Waals surface area contributed by atoms with Crippen LogP contribution in [-0.2, 0) is 16.1 Å². The molecular weight excluding hydrogens is 781 g/mol. The summed E-state index contributed by atoms with van der Waals surface area (Å²) in [6.45, 7) is 18.7. The maximum atomic E-state index is 15.5. The van der Waals surface area contributed by atoms with Gasteiger partial charge in [0.1, 0.15) is 11.9 Å². The first-order chi connectivity index (χ1) is 28.0. The monoisotopic (exact) mass is 827 g/mol. The van der Waals surface area contributed by atoms with E-state index >= 15 is 4.39 Å². The lowest BCUT2D eigenvalue weighted by Gasteiger charge is -2.43. The number of nitrogens with one attached hydrogen (secondary N) is 1. The molecule has 0 aliphatic carbocycles. The van der Waals surface area contributed by atoms with Crippen LogP contribution in [0.3, 0.4) is 0 Å². The van der Waals surface area contributed by atoms with Crippen molar-refractivity contribution in [3.63, 3.8) is 0 Å². The van der Waals surface area contributed by atoms with Crippen LogP contribution in [0.25, 0.3) is 4.85 Å². The zero-order chi connectivity index (χ0) is 40.3. The molecule has 2 atom stereocenters. The number of anilines is 3. The highest BCUT2D eigenvalue weighted by atomic mass is 35.5. The average Bonchev–Trinajstić information content (AvgIpc) is 3.88. The molecule has 2 aromatic carbocycles. The van der Waals surface area contributed by atoms with Gasteiger partial charge in [0.2, 0.25) is 17.5 Å². The van der Waals surface area contributed by atoms with Gasteiger partial charge in [-0.05, 0) is 75.1 Å². The fourth-order valence-corrected chi connectivity index (χ4v) is 11.4. The summed E-state index contributed by atoms with van der Waals surface area (Å²) in [6, 6.07) is 8.12. The van der Waals surface area contributed by atoms with Gasteiger partial charge in [0.25, 0.3) is 11.8 Å². The molecule has 1 spiro atoms. The zero-order valence-electron chi connectivity index (χ0n) is 32.6. The minimum atomic E-state index is -1.08. The van der Waals surface area contributed by atoms with Crippen molar-refractivity contribution in [3.05, 3.63) is 74.8 Å². The van der Waals surface area contributed by atoms with Gasteiger partial charge in [-0.15, -0.1) is 11.3 Å². The molecule has 7 heterocycles. The number of carbonyl (C=O) groups excluding carboxylic acids is 4. The first kappa shape index (κ1) is 38.9. The number of benzene rings is 2. The maximum absolute atomic E-state index is 15.5. The van der Waals surface area contributed by atoms with Crippen LogP contribution in [0.4, 0.5) is 26.6 Å². The van der Waals surface area contributed by atoms with Crippen LogP contribution in [0.15, 0.2) is 36.5 Å². The fourth-order valence-electron chi connectivity index (χ4n) is 10.2. The van der Waals surface area contributed by atoms with E-state index in [9.17, 15) is 19.2 Å². The second-order valence-corrected chi connectivity index (χ2v) is 18.4. The summed E-state index contributed by atoms with van der Waals surface area (Å²) in [5.41, 5.74) is 2.23. The van der Waals surface area contributed by atoms with Gasteiger partial charge in [-0.1, -0.05) is 17.7 Å². The van der Waals surface area contributed by atoms with Crippen molar-refractivity contribution in [2.45, 2.75) is 76.5 Å². The molecular formula is C42H47ClFN9O4S. The Morgan fingerprint density at radius 3 is 2.36 bits per heavy atom. The Morgan fingerprint density at radius 1 is 0.948 bits per heavy atom. The summed E-state index contributed by atoms with van der Waals surface area (Å²) in [6.07, 6.45) is 7.28. The van der Waals surface area contributed by atoms with E-state index < -0.39 is 35.5 Å². The third-order valence-electron chi connectivity index (χ3n) is 13.4. The van der Waals surface area contributed by atoms with Gasteiger partial charge in [-0.25, -0.2) is 14.2 Å². The van der Waals surface area contributed by atoms with E-state index in [1.165, 1.54) is 10.9 Å². The molecule has 6 aliphatic heterocycles. The molecule has 0 radical (unpaired) electrons. The Morgan fingerprint density at radius 2 is 1.67 bits per heavy atom. The van der Waals surface area contributed by atoms with Crippen LogP contribution >= 0.6 is 22.9 Å². The second kappa shape index (κ2) is 15.5. The minimum absolute atomic E-state index is 0.0298. The third-order valence-corrected chi connectivity index (χ3v) is 14.7. The Balaban J connectivity index is 0.736. The van der Waals surface area contributed by atoms with Gasteiger partial charge in [-0.3, -0.25) is 39.2 Å². The van der Waals surface area contributed by atoms with E-state index in [1.807, 2.05) is 34.4 Å². The number of hydrogen-bond acceptors (Lipinski definition) is 11. The first-order valence-corrected chi connectivity index (χ1v) is 21.6. The fraction of sp³-hybridized carbons (Fsp3) is 0.524. The predicted octanol–water partition coefficient (Wildman–Crippen LogP) is 5.56. The zero-order valence-corrected chi connectivity index (χ0v) is 34.2. The molecule has 1 N–H and O–H groups in total. The lowest BCUT2D eigenvalue weighted by Crippen LogP contribution is -2.54. The van der Waals surface area contributed by atoms with Crippen molar-refractivity contribution < 1.29 is 23.6 Å². The molecule has 9 rings (SSSR count). The molecule has 1 unspecified atom stereocenters. The number of piperidine rings is 3. The van der Waals surface area contributed by atoms with Crippen molar-refractivity contribution in [2.75, 3.05) is 73.6 Å². The van der Waals surface area contributed by atoms with Gasteiger partial charge < -0.3 is 14.7 Å². The van der Waals surface area contributed by atoms with Crippen molar-refractivity contribution in [1.82, 2.24) is 25.0 Å². The van der Waals surface area contributed by atoms with E-state index in [0.717, 1.165) is 106 Å². The number of nitrogens with zero attached hydrogens (tertiary/aromatic N) is 8. The molecule has 0 bridgehead atoms. The van der Waals surface area contributed by atoms with E-state index in [1.54, 1.807) is 0 Å². The van der Waals surface area contributed by atoms with Crippen LogP contribution in [0.1, 0.15) is 77.5 Å². The molecule has 304 valence electrons. The van der Waals surface area contributed by atoms with Crippen LogP contribution in [-0.4, -0.2) is 120 Å². The number of fused-ring (bicyclic) bond motifs is 1. The predicted molar refractivity (Wildman–Crippen MR) is 220 cm³/mol. The Kier molecular flexibility index (Phi) is 10.4. The lowest BCUT2D eigenvalue weighted by atomic mass is 9.77. The van der Waals surface area contributed by atoms with Crippen LogP contribution in [0.2, 0.25) is 5.02 Å². The topological polar surface area (TPSA) is 117 Å². The third kappa shape index (κ3) is 7.22. The SMILES string of the molecule is [C-]#[N+]c1ccc(N2CC3(CCN(c4ncc(CN5CCN(C6CCN(c7cc8c(cc7F)C(=O)N(C7CCC(=O)NC7=O)C8=O)CC6)CC5)s4)CC3)C[C@@H]2C)cc1Cl. The summed E-state index contributed by atoms with van der Waals surface area (Å²) in [5, 5.41) is 3.83.